The first-order chi connectivity index (χ1) is 18.1. The summed E-state index contributed by atoms with van der Waals surface area (Å²) >= 11 is 0. The summed E-state index contributed by atoms with van der Waals surface area (Å²) in [5.41, 5.74) is 3.11. The third kappa shape index (κ3) is 5.05. The minimum atomic E-state index is -4.01. The number of sulfonamides is 1. The van der Waals surface area contributed by atoms with Crippen molar-refractivity contribution in [3.63, 3.8) is 0 Å². The van der Waals surface area contributed by atoms with Crippen LogP contribution in [-0.2, 0) is 17.1 Å². The van der Waals surface area contributed by atoms with Crippen molar-refractivity contribution in [2.45, 2.75) is 24.8 Å². The number of nitrogens with zero attached hydrogens (tertiary/aromatic N) is 6. The molecule has 1 N–H and O–H groups in total. The summed E-state index contributed by atoms with van der Waals surface area (Å²) in [5.74, 6) is -1.20. The van der Waals surface area contributed by atoms with Gasteiger partial charge < -0.3 is 9.64 Å². The van der Waals surface area contributed by atoms with Crippen molar-refractivity contribution in [1.29, 1.82) is 0 Å². The Morgan fingerprint density at radius 2 is 1.87 bits per heavy atom. The molecule has 0 bridgehead atoms. The van der Waals surface area contributed by atoms with Crippen LogP contribution >= 0.6 is 0 Å². The lowest BCUT2D eigenvalue weighted by Gasteiger charge is -2.38. The molecule has 1 amide bonds. The SMILES string of the molecule is Cc1cccc(C)c1-c1cc(OC2CN(C(=O)c3ccncc3F)C2)nc(NS(=O)(=O)c2cnn(C)c2)n1. The van der Waals surface area contributed by atoms with Crippen LogP contribution in [0.1, 0.15) is 21.5 Å². The van der Waals surface area contributed by atoms with Crippen LogP contribution in [-0.4, -0.2) is 63.2 Å². The number of benzene rings is 1. The molecule has 0 unspecified atom stereocenters. The van der Waals surface area contributed by atoms with Crippen LogP contribution < -0.4 is 9.46 Å². The average molecular weight is 538 g/mol. The first-order valence-electron chi connectivity index (χ1n) is 11.6. The van der Waals surface area contributed by atoms with Gasteiger partial charge in [-0.3, -0.25) is 14.5 Å². The van der Waals surface area contributed by atoms with Gasteiger partial charge in [-0.1, -0.05) is 18.2 Å². The second-order valence-electron chi connectivity index (χ2n) is 8.94. The number of halogens is 1. The zero-order valence-electron chi connectivity index (χ0n) is 20.8. The van der Waals surface area contributed by atoms with Gasteiger partial charge in [0, 0.05) is 31.1 Å². The Balaban J connectivity index is 1.41. The van der Waals surface area contributed by atoms with Gasteiger partial charge in [0.2, 0.25) is 11.8 Å². The number of ether oxygens (including phenoxy) is 1. The van der Waals surface area contributed by atoms with Crippen molar-refractivity contribution < 1.29 is 22.3 Å². The number of pyridine rings is 1. The zero-order chi connectivity index (χ0) is 27.0. The van der Waals surface area contributed by atoms with Gasteiger partial charge in [0.05, 0.1) is 36.7 Å². The second-order valence-corrected chi connectivity index (χ2v) is 10.6. The van der Waals surface area contributed by atoms with Crippen LogP contribution in [0.25, 0.3) is 11.3 Å². The van der Waals surface area contributed by atoms with Gasteiger partial charge in [-0.2, -0.15) is 10.1 Å². The molecule has 3 aromatic heterocycles. The molecular formula is C25H24FN7O4S. The maximum atomic E-state index is 14.0. The number of anilines is 1. The standard InChI is InChI=1S/C25H24FN7O4S/c1-15-5-4-6-16(2)23(15)21-9-22(30-25(29-21)31-38(35,36)18-10-28-32(3)14-18)37-17-12-33(13-17)24(34)19-7-8-27-11-20(19)26/h4-11,14,17H,12-13H2,1-3H3,(H,29,30,31). The first kappa shape index (κ1) is 25.3. The number of rotatable bonds is 7. The van der Waals surface area contributed by atoms with Crippen molar-refractivity contribution in [2.75, 3.05) is 17.8 Å². The summed E-state index contributed by atoms with van der Waals surface area (Å²) in [6, 6.07) is 8.73. The molecule has 1 aromatic carbocycles. The average Bonchev–Trinajstić information content (AvgIpc) is 3.28. The minimum absolute atomic E-state index is 0.0416. The minimum Gasteiger partial charge on any atom is -0.470 e. The molecule has 4 aromatic rings. The summed E-state index contributed by atoms with van der Waals surface area (Å²) in [6.07, 6.45) is 4.51. The smallest absolute Gasteiger partial charge is 0.267 e. The molecule has 1 aliphatic rings. The van der Waals surface area contributed by atoms with Crippen molar-refractivity contribution in [1.82, 2.24) is 29.6 Å². The van der Waals surface area contributed by atoms with Gasteiger partial charge in [0.25, 0.3) is 15.9 Å². The second kappa shape index (κ2) is 9.82. The van der Waals surface area contributed by atoms with Gasteiger partial charge in [-0.25, -0.2) is 22.5 Å². The van der Waals surface area contributed by atoms with E-state index in [0.717, 1.165) is 22.9 Å². The monoisotopic (exact) mass is 537 g/mol. The highest BCUT2D eigenvalue weighted by Crippen LogP contribution is 2.30. The summed E-state index contributed by atoms with van der Waals surface area (Å²) in [4.78, 5) is 26.4. The topological polar surface area (TPSA) is 132 Å². The quantitative estimate of drug-likeness (QED) is 0.381. The fourth-order valence-electron chi connectivity index (χ4n) is 4.16. The first-order valence-corrected chi connectivity index (χ1v) is 13.1. The summed E-state index contributed by atoms with van der Waals surface area (Å²) in [7, 11) is -2.40. The number of aromatic nitrogens is 5. The highest BCUT2D eigenvalue weighted by Gasteiger charge is 2.34. The van der Waals surface area contributed by atoms with E-state index in [0.29, 0.717) is 5.69 Å². The van der Waals surface area contributed by atoms with E-state index < -0.39 is 27.9 Å². The molecule has 38 heavy (non-hydrogen) atoms. The van der Waals surface area contributed by atoms with Crippen LogP contribution in [0.2, 0.25) is 0 Å². The van der Waals surface area contributed by atoms with Crippen molar-refractivity contribution in [3.05, 3.63) is 77.6 Å². The molecule has 0 saturated carbocycles. The predicted octanol–water partition coefficient (Wildman–Crippen LogP) is 2.73. The van der Waals surface area contributed by atoms with Crippen LogP contribution in [0, 0.1) is 19.7 Å². The number of amides is 1. The van der Waals surface area contributed by atoms with Crippen LogP contribution in [0.3, 0.4) is 0 Å². The van der Waals surface area contributed by atoms with Crippen LogP contribution in [0.5, 0.6) is 5.88 Å². The molecule has 13 heteroatoms. The Morgan fingerprint density at radius 3 is 2.53 bits per heavy atom. The summed E-state index contributed by atoms with van der Waals surface area (Å²) in [5, 5.41) is 3.91. The number of carbonyl (C=O) groups excluding carboxylic acids is 1. The Bertz CT molecular complexity index is 1610. The van der Waals surface area contributed by atoms with Crippen molar-refractivity contribution >= 4 is 21.9 Å². The molecule has 196 valence electrons. The lowest BCUT2D eigenvalue weighted by Crippen LogP contribution is -2.56. The fraction of sp³-hybridized carbons (Fsp3) is 0.240. The number of nitrogens with one attached hydrogen (secondary N) is 1. The zero-order valence-corrected chi connectivity index (χ0v) is 21.6. The molecular weight excluding hydrogens is 513 g/mol. The van der Waals surface area contributed by atoms with E-state index in [4.69, 9.17) is 4.74 Å². The van der Waals surface area contributed by atoms with E-state index in [1.807, 2.05) is 32.0 Å². The lowest BCUT2D eigenvalue weighted by molar-refractivity contribution is 0.0157. The maximum absolute atomic E-state index is 14.0. The molecule has 11 nitrogen and oxygen atoms in total. The Hall–Kier alpha value is -4.39. The highest BCUT2D eigenvalue weighted by atomic mass is 32.2. The van der Waals surface area contributed by atoms with E-state index in [-0.39, 0.29) is 35.4 Å². The van der Waals surface area contributed by atoms with Gasteiger partial charge >= 0.3 is 0 Å². The van der Waals surface area contributed by atoms with E-state index >= 15 is 0 Å². The lowest BCUT2D eigenvalue weighted by atomic mass is 10.00. The van der Waals surface area contributed by atoms with Gasteiger partial charge in [0.15, 0.2) is 5.82 Å². The Labute approximate surface area is 218 Å². The van der Waals surface area contributed by atoms with Gasteiger partial charge in [-0.15, -0.1) is 0 Å². The van der Waals surface area contributed by atoms with Crippen LogP contribution in [0.4, 0.5) is 10.3 Å². The third-order valence-corrected chi connectivity index (χ3v) is 7.37. The Morgan fingerprint density at radius 1 is 1.13 bits per heavy atom. The molecule has 0 spiro atoms. The maximum Gasteiger partial charge on any atom is 0.267 e. The van der Waals surface area contributed by atoms with Crippen molar-refractivity contribution in [2.24, 2.45) is 7.05 Å². The van der Waals surface area contributed by atoms with E-state index in [2.05, 4.69) is 24.8 Å². The highest BCUT2D eigenvalue weighted by molar-refractivity contribution is 7.92. The molecule has 5 rings (SSSR count). The van der Waals surface area contributed by atoms with E-state index in [9.17, 15) is 17.6 Å². The van der Waals surface area contributed by atoms with Crippen LogP contribution in [0.15, 0.2) is 60.0 Å². The Kier molecular flexibility index (Phi) is 6.53. The van der Waals surface area contributed by atoms with Gasteiger partial charge in [-0.05, 0) is 31.0 Å². The normalized spacial score (nSPS) is 13.7. The molecule has 0 aliphatic carbocycles. The molecule has 1 aliphatic heterocycles. The molecule has 0 radical (unpaired) electrons. The van der Waals surface area contributed by atoms with E-state index in [1.54, 1.807) is 13.1 Å². The van der Waals surface area contributed by atoms with Crippen molar-refractivity contribution in [3.8, 4) is 17.1 Å². The number of aryl methyl sites for hydroxylation is 3. The predicted molar refractivity (Wildman–Crippen MR) is 135 cm³/mol. The summed E-state index contributed by atoms with van der Waals surface area (Å²) in [6.45, 7) is 4.27. The molecule has 4 heterocycles. The number of likely N-dealkylation sites (tertiary alicyclic amines) is 1. The molecule has 1 saturated heterocycles. The largest absolute Gasteiger partial charge is 0.470 e. The molecule has 0 atom stereocenters. The number of hydrogen-bond acceptors (Lipinski definition) is 8. The number of carbonyl (C=O) groups is 1. The third-order valence-electron chi connectivity index (χ3n) is 6.08. The summed E-state index contributed by atoms with van der Waals surface area (Å²) < 4.78 is 49.6. The van der Waals surface area contributed by atoms with Gasteiger partial charge in [0.1, 0.15) is 11.0 Å². The molecule has 1 fully saturated rings. The number of hydrogen-bond donors (Lipinski definition) is 1. The fourth-order valence-corrected chi connectivity index (χ4v) is 5.09. The van der Waals surface area contributed by atoms with E-state index in [1.165, 1.54) is 34.2 Å².